The Morgan fingerprint density at radius 2 is 1.70 bits per heavy atom. The van der Waals surface area contributed by atoms with E-state index in [2.05, 4.69) is 20.4 Å². The number of ether oxygens (including phenoxy) is 4. The molecule has 0 amide bonds. The molecule has 0 spiro atoms. The summed E-state index contributed by atoms with van der Waals surface area (Å²) in [6.45, 7) is 11.7. The molecule has 40 heavy (non-hydrogen) atoms. The van der Waals surface area contributed by atoms with Gasteiger partial charge in [-0.15, -0.1) is 0 Å². The van der Waals surface area contributed by atoms with Crippen LogP contribution in [0.4, 0.5) is 0 Å². The highest BCUT2D eigenvalue weighted by molar-refractivity contribution is 6.05. The highest BCUT2D eigenvalue weighted by atomic mass is 16.9. The summed E-state index contributed by atoms with van der Waals surface area (Å²) < 4.78 is 26.8. The topological polar surface area (TPSA) is 118 Å². The number of hydrogen-bond acceptors (Lipinski definition) is 8. The summed E-state index contributed by atoms with van der Waals surface area (Å²) in [4.78, 5) is 13.5. The number of aliphatic hydroxyl groups is 3. The number of fused-ring (bicyclic) bond motifs is 3. The van der Waals surface area contributed by atoms with Crippen LogP contribution in [0.25, 0.3) is 0 Å². The Bertz CT molecular complexity index is 1090. The van der Waals surface area contributed by atoms with E-state index in [1.165, 1.54) is 38.5 Å². The number of aliphatic hydroxyl groups excluding tert-OH is 2. The van der Waals surface area contributed by atoms with E-state index in [0.29, 0.717) is 18.4 Å². The fourth-order valence-electron chi connectivity index (χ4n) is 9.19. The lowest BCUT2D eigenvalue weighted by Gasteiger charge is -2.59. The molecule has 0 aromatic rings. The molecular formula is C32H48O8. The van der Waals surface area contributed by atoms with Crippen LogP contribution >= 0.6 is 0 Å². The third-order valence-corrected chi connectivity index (χ3v) is 11.3. The van der Waals surface area contributed by atoms with Crippen LogP contribution in [0.2, 0.25) is 0 Å². The second-order valence-corrected chi connectivity index (χ2v) is 13.7. The molecule has 0 unspecified atom stereocenters. The summed E-state index contributed by atoms with van der Waals surface area (Å²) in [5, 5.41) is 34.2. The van der Waals surface area contributed by atoms with Crippen molar-refractivity contribution in [2.45, 2.75) is 145 Å². The average Bonchev–Trinajstić information content (AvgIpc) is 3.56. The lowest BCUT2D eigenvalue weighted by Crippen LogP contribution is -2.72. The van der Waals surface area contributed by atoms with Crippen molar-refractivity contribution in [1.82, 2.24) is 0 Å². The Labute approximate surface area is 238 Å². The van der Waals surface area contributed by atoms with Crippen LogP contribution in [-0.2, 0) is 23.7 Å². The molecular weight excluding hydrogens is 512 g/mol. The van der Waals surface area contributed by atoms with Gasteiger partial charge in [-0.25, -0.2) is 0 Å². The van der Waals surface area contributed by atoms with Gasteiger partial charge in [-0.3, -0.25) is 4.79 Å². The molecule has 3 aliphatic heterocycles. The number of carbonyl (C=O) groups excluding carboxylic acids is 1. The predicted molar refractivity (Wildman–Crippen MR) is 147 cm³/mol. The summed E-state index contributed by atoms with van der Waals surface area (Å²) in [5.41, 5.74) is -4.36. The Morgan fingerprint density at radius 3 is 2.33 bits per heavy atom. The summed E-state index contributed by atoms with van der Waals surface area (Å²) in [6.07, 6.45) is 10.7. The van der Waals surface area contributed by atoms with E-state index < -0.39 is 70.9 Å². The molecule has 11 atom stereocenters. The first-order valence-corrected chi connectivity index (χ1v) is 15.7. The molecule has 3 N–H and O–H groups in total. The molecule has 224 valence electrons. The minimum absolute atomic E-state index is 0.184. The fraction of sp³-hybridized carbons (Fsp3) is 0.844. The molecule has 5 fully saturated rings. The van der Waals surface area contributed by atoms with Gasteiger partial charge >= 0.3 is 0 Å². The fourth-order valence-corrected chi connectivity index (χ4v) is 9.19. The van der Waals surface area contributed by atoms with Crippen LogP contribution in [-0.4, -0.2) is 74.4 Å². The first kappa shape index (κ1) is 29.0. The molecule has 3 bridgehead atoms. The van der Waals surface area contributed by atoms with Crippen molar-refractivity contribution < 1.29 is 39.1 Å². The SMILES string of the molecule is C=C(C)[C@]12C[C@@H](C)[C@@]34O[C@@](CCCCCCCCCCC)(O[C@@H]1[C@@H]3[C@@H]1O[C@]1(CO)[C@@H](O)[C@]1(O)C(=O)C(C)=C[C@@H]14)O2. The Kier molecular flexibility index (Phi) is 7.02. The number of epoxide rings is 1. The monoisotopic (exact) mass is 560 g/mol. The van der Waals surface area contributed by atoms with Gasteiger partial charge in [0.1, 0.15) is 29.5 Å². The van der Waals surface area contributed by atoms with Crippen LogP contribution in [0.15, 0.2) is 23.8 Å². The largest absolute Gasteiger partial charge is 0.393 e. The third kappa shape index (κ3) is 3.60. The Morgan fingerprint density at radius 1 is 1.05 bits per heavy atom. The Hall–Kier alpha value is -1.13. The standard InChI is InChI=1S/C32H48O8/c1-6-7-8-9-10-11-12-13-14-15-30-38-25-23-26-29(18-33,37-26)27(35)31(36)22(16-20(4)24(31)34)32(23,40-30)21(5)17-28(25,39-30)19(2)3/h16,21-23,25-27,33,35-36H,2,6-15,17-18H2,1,3-5H3/t21-,22+,23-,25-,26+,27-,28-,29+,30+,31-,32+/m1/s1. The number of rotatable bonds is 12. The molecule has 3 aliphatic carbocycles. The van der Waals surface area contributed by atoms with Gasteiger partial charge in [-0.05, 0) is 43.8 Å². The van der Waals surface area contributed by atoms with Gasteiger partial charge in [0, 0.05) is 18.3 Å². The zero-order valence-electron chi connectivity index (χ0n) is 24.6. The first-order chi connectivity index (χ1) is 19.0. The van der Waals surface area contributed by atoms with Gasteiger partial charge in [0.25, 0.3) is 5.97 Å². The Balaban J connectivity index is 1.33. The van der Waals surface area contributed by atoms with Gasteiger partial charge in [-0.1, -0.05) is 77.9 Å². The molecule has 0 radical (unpaired) electrons. The average molecular weight is 561 g/mol. The van der Waals surface area contributed by atoms with Gasteiger partial charge < -0.3 is 34.3 Å². The second-order valence-electron chi connectivity index (χ2n) is 13.7. The van der Waals surface area contributed by atoms with Crippen LogP contribution in [0, 0.1) is 17.8 Å². The van der Waals surface area contributed by atoms with E-state index >= 15 is 0 Å². The van der Waals surface area contributed by atoms with E-state index in [0.717, 1.165) is 24.8 Å². The normalized spacial score (nSPS) is 49.8. The maximum absolute atomic E-state index is 13.5. The van der Waals surface area contributed by atoms with E-state index in [-0.39, 0.29) is 5.92 Å². The van der Waals surface area contributed by atoms with Crippen molar-refractivity contribution in [3.8, 4) is 0 Å². The summed E-state index contributed by atoms with van der Waals surface area (Å²) in [5.74, 6) is -3.38. The molecule has 2 saturated carbocycles. The van der Waals surface area contributed by atoms with Crippen molar-refractivity contribution >= 4 is 5.78 Å². The van der Waals surface area contributed by atoms with E-state index in [4.69, 9.17) is 18.9 Å². The molecule has 3 heterocycles. The van der Waals surface area contributed by atoms with Crippen molar-refractivity contribution in [2.24, 2.45) is 17.8 Å². The molecule has 0 aromatic carbocycles. The predicted octanol–water partition coefficient (Wildman–Crippen LogP) is 4.10. The smallest absolute Gasteiger partial charge is 0.284 e. The number of hydrogen-bond donors (Lipinski definition) is 3. The second kappa shape index (κ2) is 9.69. The van der Waals surface area contributed by atoms with Crippen molar-refractivity contribution in [3.63, 3.8) is 0 Å². The molecule has 8 heteroatoms. The molecule has 0 aromatic heterocycles. The van der Waals surface area contributed by atoms with E-state index in [1.54, 1.807) is 13.0 Å². The van der Waals surface area contributed by atoms with Crippen LogP contribution in [0.3, 0.4) is 0 Å². The van der Waals surface area contributed by atoms with Crippen molar-refractivity contribution in [2.75, 3.05) is 6.61 Å². The quantitative estimate of drug-likeness (QED) is 0.186. The van der Waals surface area contributed by atoms with Gasteiger partial charge in [-0.2, -0.15) is 0 Å². The molecule has 3 saturated heterocycles. The lowest BCUT2D eigenvalue weighted by molar-refractivity contribution is -0.430. The van der Waals surface area contributed by atoms with Crippen LogP contribution in [0.5, 0.6) is 0 Å². The summed E-state index contributed by atoms with van der Waals surface area (Å²) >= 11 is 0. The number of Topliss-reactive ketones (excluding diaryl/α,β-unsaturated/α-hetero) is 1. The van der Waals surface area contributed by atoms with Crippen LogP contribution < -0.4 is 0 Å². The minimum atomic E-state index is -2.18. The number of ketones is 1. The van der Waals surface area contributed by atoms with Crippen molar-refractivity contribution in [3.05, 3.63) is 23.8 Å². The van der Waals surface area contributed by atoms with Crippen LogP contribution in [0.1, 0.15) is 98.3 Å². The summed E-state index contributed by atoms with van der Waals surface area (Å²) in [6, 6.07) is 0. The maximum atomic E-state index is 13.5. The number of carbonyl (C=O) groups is 1. The van der Waals surface area contributed by atoms with Gasteiger partial charge in [0.05, 0.1) is 12.2 Å². The first-order valence-electron chi connectivity index (χ1n) is 15.7. The van der Waals surface area contributed by atoms with E-state index in [9.17, 15) is 20.1 Å². The third-order valence-electron chi connectivity index (χ3n) is 11.3. The lowest BCUT2D eigenvalue weighted by atomic mass is 9.54. The zero-order chi connectivity index (χ0) is 28.7. The van der Waals surface area contributed by atoms with E-state index in [1.807, 2.05) is 6.92 Å². The highest BCUT2D eigenvalue weighted by Gasteiger charge is 2.88. The van der Waals surface area contributed by atoms with Gasteiger partial charge in [0.15, 0.2) is 11.4 Å². The molecule has 6 rings (SSSR count). The summed E-state index contributed by atoms with van der Waals surface area (Å²) in [7, 11) is 0. The maximum Gasteiger partial charge on any atom is 0.284 e. The van der Waals surface area contributed by atoms with Gasteiger partial charge in [0.2, 0.25) is 0 Å². The molecule has 8 nitrogen and oxygen atoms in total. The minimum Gasteiger partial charge on any atom is -0.393 e. The molecule has 6 aliphatic rings. The highest BCUT2D eigenvalue weighted by Crippen LogP contribution is 2.73. The zero-order valence-corrected chi connectivity index (χ0v) is 24.6. The number of unbranched alkanes of at least 4 members (excludes halogenated alkanes) is 8. The van der Waals surface area contributed by atoms with Crippen molar-refractivity contribution in [1.29, 1.82) is 0 Å².